The molecule has 0 aromatic heterocycles. The number of amides is 2. The van der Waals surface area contributed by atoms with Crippen LogP contribution in [-0.4, -0.2) is 62.2 Å². The Morgan fingerprint density at radius 1 is 1.36 bits per heavy atom. The molecule has 1 aliphatic heterocycles. The zero-order chi connectivity index (χ0) is 18.1. The van der Waals surface area contributed by atoms with Gasteiger partial charge in [0.1, 0.15) is 5.75 Å². The molecule has 2 N–H and O–H groups in total. The molecule has 7 heteroatoms. The Morgan fingerprint density at radius 2 is 2.16 bits per heavy atom. The summed E-state index contributed by atoms with van der Waals surface area (Å²) < 4.78 is 10.9. The molecule has 1 aromatic rings. The van der Waals surface area contributed by atoms with E-state index in [2.05, 4.69) is 10.6 Å². The third-order valence-electron chi connectivity index (χ3n) is 4.03. The first-order chi connectivity index (χ1) is 12.1. The molecule has 1 unspecified atom stereocenters. The SMILES string of the molecule is CCN(CC)C(=O)COc1cccc(NC(=O)CC2COCCN2)c1. The van der Waals surface area contributed by atoms with Crippen LogP contribution >= 0.6 is 0 Å². The van der Waals surface area contributed by atoms with Crippen molar-refractivity contribution in [1.82, 2.24) is 10.2 Å². The van der Waals surface area contributed by atoms with Gasteiger partial charge in [-0.05, 0) is 26.0 Å². The molecule has 0 saturated carbocycles. The molecule has 1 aromatic carbocycles. The van der Waals surface area contributed by atoms with Crippen molar-refractivity contribution in [2.75, 3.05) is 44.8 Å². The average Bonchev–Trinajstić information content (AvgIpc) is 2.62. The van der Waals surface area contributed by atoms with Gasteiger partial charge in [0.05, 0.1) is 13.2 Å². The Morgan fingerprint density at radius 3 is 2.84 bits per heavy atom. The van der Waals surface area contributed by atoms with E-state index in [0.717, 1.165) is 6.54 Å². The Bertz CT molecular complexity index is 569. The van der Waals surface area contributed by atoms with Crippen LogP contribution in [0, 0.1) is 0 Å². The lowest BCUT2D eigenvalue weighted by Gasteiger charge is -2.23. The molecule has 1 heterocycles. The summed E-state index contributed by atoms with van der Waals surface area (Å²) in [6.45, 7) is 7.17. The number of morpholine rings is 1. The van der Waals surface area contributed by atoms with Gasteiger partial charge >= 0.3 is 0 Å². The number of hydrogen-bond donors (Lipinski definition) is 2. The molecule has 2 rings (SSSR count). The predicted octanol–water partition coefficient (Wildman–Crippen LogP) is 1.25. The fourth-order valence-corrected chi connectivity index (χ4v) is 2.66. The summed E-state index contributed by atoms with van der Waals surface area (Å²) in [6.07, 6.45) is 0.353. The number of ether oxygens (including phenoxy) is 2. The van der Waals surface area contributed by atoms with Gasteiger partial charge in [-0.25, -0.2) is 0 Å². The smallest absolute Gasteiger partial charge is 0.260 e. The van der Waals surface area contributed by atoms with Crippen molar-refractivity contribution < 1.29 is 19.1 Å². The minimum atomic E-state index is -0.0839. The summed E-state index contributed by atoms with van der Waals surface area (Å²) in [7, 11) is 0. The second-order valence-electron chi connectivity index (χ2n) is 5.86. The summed E-state index contributed by atoms with van der Waals surface area (Å²) in [5.74, 6) is 0.416. The van der Waals surface area contributed by atoms with E-state index in [4.69, 9.17) is 9.47 Å². The normalized spacial score (nSPS) is 17.0. The van der Waals surface area contributed by atoms with Gasteiger partial charge in [0.2, 0.25) is 5.91 Å². The number of benzene rings is 1. The van der Waals surface area contributed by atoms with Crippen LogP contribution in [-0.2, 0) is 14.3 Å². The number of hydrogen-bond acceptors (Lipinski definition) is 5. The molecule has 7 nitrogen and oxygen atoms in total. The van der Waals surface area contributed by atoms with Crippen LogP contribution in [0.5, 0.6) is 5.75 Å². The Balaban J connectivity index is 1.83. The van der Waals surface area contributed by atoms with E-state index in [0.29, 0.717) is 44.2 Å². The molecule has 0 spiro atoms. The molecular weight excluding hydrogens is 322 g/mol. The van der Waals surface area contributed by atoms with Gasteiger partial charge in [0.15, 0.2) is 6.61 Å². The zero-order valence-corrected chi connectivity index (χ0v) is 14.9. The Labute approximate surface area is 148 Å². The second kappa shape index (κ2) is 10.0. The number of likely N-dealkylation sites (N-methyl/N-ethyl adjacent to an activating group) is 1. The third kappa shape index (κ3) is 6.36. The number of nitrogens with one attached hydrogen (secondary N) is 2. The van der Waals surface area contributed by atoms with Gasteiger partial charge in [0.25, 0.3) is 5.91 Å². The molecule has 1 fully saturated rings. The van der Waals surface area contributed by atoms with Gasteiger partial charge in [-0.2, -0.15) is 0 Å². The van der Waals surface area contributed by atoms with Crippen LogP contribution < -0.4 is 15.4 Å². The summed E-state index contributed by atoms with van der Waals surface area (Å²) in [5.41, 5.74) is 0.648. The third-order valence-corrected chi connectivity index (χ3v) is 4.03. The van der Waals surface area contributed by atoms with Crippen molar-refractivity contribution in [2.24, 2.45) is 0 Å². The summed E-state index contributed by atoms with van der Waals surface area (Å²) >= 11 is 0. The first kappa shape index (κ1) is 19.2. The van der Waals surface area contributed by atoms with Crippen LogP contribution in [0.15, 0.2) is 24.3 Å². The first-order valence-corrected chi connectivity index (χ1v) is 8.74. The highest BCUT2D eigenvalue weighted by Crippen LogP contribution is 2.18. The van der Waals surface area contributed by atoms with Gasteiger partial charge in [-0.1, -0.05) is 6.07 Å². The minimum Gasteiger partial charge on any atom is -0.484 e. The largest absolute Gasteiger partial charge is 0.484 e. The molecule has 1 saturated heterocycles. The molecule has 138 valence electrons. The Kier molecular flexibility index (Phi) is 7.69. The molecule has 0 bridgehead atoms. The van der Waals surface area contributed by atoms with Crippen LogP contribution in [0.1, 0.15) is 20.3 Å². The van der Waals surface area contributed by atoms with Gasteiger partial charge < -0.3 is 25.0 Å². The van der Waals surface area contributed by atoms with E-state index in [9.17, 15) is 9.59 Å². The maximum atomic E-state index is 12.1. The fraction of sp³-hybridized carbons (Fsp3) is 0.556. The van der Waals surface area contributed by atoms with Crippen LogP contribution in [0.25, 0.3) is 0 Å². The van der Waals surface area contributed by atoms with E-state index < -0.39 is 0 Å². The Hall–Kier alpha value is -2.12. The second-order valence-corrected chi connectivity index (χ2v) is 5.86. The van der Waals surface area contributed by atoms with E-state index in [-0.39, 0.29) is 24.5 Å². The number of carbonyl (C=O) groups is 2. The van der Waals surface area contributed by atoms with E-state index in [1.165, 1.54) is 0 Å². The standard InChI is InChI=1S/C18H27N3O4/c1-3-21(4-2)18(23)13-25-16-7-5-6-14(10-16)20-17(22)11-15-12-24-9-8-19-15/h5-7,10,15,19H,3-4,8-9,11-13H2,1-2H3,(H,20,22). The molecule has 1 aliphatic rings. The number of rotatable bonds is 8. The number of anilines is 1. The maximum absolute atomic E-state index is 12.1. The molecule has 1 atom stereocenters. The summed E-state index contributed by atoms with van der Waals surface area (Å²) in [4.78, 5) is 25.8. The van der Waals surface area contributed by atoms with Crippen LogP contribution in [0.2, 0.25) is 0 Å². The van der Waals surface area contributed by atoms with Crippen LogP contribution in [0.4, 0.5) is 5.69 Å². The summed E-state index contributed by atoms with van der Waals surface area (Å²) in [5, 5.41) is 6.10. The summed E-state index contributed by atoms with van der Waals surface area (Å²) in [6, 6.07) is 7.11. The lowest BCUT2D eigenvalue weighted by Crippen LogP contribution is -2.43. The van der Waals surface area contributed by atoms with Crippen molar-refractivity contribution in [3.63, 3.8) is 0 Å². The average molecular weight is 349 g/mol. The van der Waals surface area contributed by atoms with Crippen molar-refractivity contribution in [3.8, 4) is 5.75 Å². The van der Waals surface area contributed by atoms with E-state index >= 15 is 0 Å². The molecule has 25 heavy (non-hydrogen) atoms. The maximum Gasteiger partial charge on any atom is 0.260 e. The lowest BCUT2D eigenvalue weighted by atomic mass is 10.2. The monoisotopic (exact) mass is 349 g/mol. The van der Waals surface area contributed by atoms with Gasteiger partial charge in [-0.15, -0.1) is 0 Å². The molecule has 0 aliphatic carbocycles. The van der Waals surface area contributed by atoms with Gasteiger partial charge in [-0.3, -0.25) is 9.59 Å². The van der Waals surface area contributed by atoms with Crippen molar-refractivity contribution in [3.05, 3.63) is 24.3 Å². The first-order valence-electron chi connectivity index (χ1n) is 8.74. The highest BCUT2D eigenvalue weighted by molar-refractivity contribution is 5.91. The van der Waals surface area contributed by atoms with E-state index in [1.807, 2.05) is 13.8 Å². The topological polar surface area (TPSA) is 79.9 Å². The van der Waals surface area contributed by atoms with E-state index in [1.54, 1.807) is 29.2 Å². The van der Waals surface area contributed by atoms with Crippen molar-refractivity contribution >= 4 is 17.5 Å². The zero-order valence-electron chi connectivity index (χ0n) is 14.9. The number of nitrogens with zero attached hydrogens (tertiary/aromatic N) is 1. The molecule has 2 amide bonds. The van der Waals surface area contributed by atoms with Crippen molar-refractivity contribution in [2.45, 2.75) is 26.3 Å². The highest BCUT2D eigenvalue weighted by Gasteiger charge is 2.17. The quantitative estimate of drug-likeness (QED) is 0.738. The number of carbonyl (C=O) groups excluding carboxylic acids is 2. The fourth-order valence-electron chi connectivity index (χ4n) is 2.66. The highest BCUT2D eigenvalue weighted by atomic mass is 16.5. The van der Waals surface area contributed by atoms with Gasteiger partial charge in [0, 0.05) is 43.9 Å². The molecular formula is C18H27N3O4. The predicted molar refractivity (Wildman–Crippen MR) is 95.7 cm³/mol. The molecule has 0 radical (unpaired) electrons. The van der Waals surface area contributed by atoms with Crippen LogP contribution in [0.3, 0.4) is 0 Å². The lowest BCUT2D eigenvalue weighted by molar-refractivity contribution is -0.133. The minimum absolute atomic E-state index is 0.0115. The van der Waals surface area contributed by atoms with Crippen molar-refractivity contribution in [1.29, 1.82) is 0 Å².